The van der Waals surface area contributed by atoms with Crippen molar-refractivity contribution in [3.63, 3.8) is 0 Å². The molecule has 0 fully saturated rings. The first-order chi connectivity index (χ1) is 11.5. The average Bonchev–Trinajstić information content (AvgIpc) is 2.90. The maximum atomic E-state index is 11.6. The number of aryl methyl sites for hydroxylation is 3. The number of hydrogen-bond acceptors (Lipinski definition) is 5. The molecule has 1 aromatic heterocycles. The molecule has 2 aromatic rings. The molecule has 3 rings (SSSR count). The zero-order chi connectivity index (χ0) is 17.3. The van der Waals surface area contributed by atoms with Gasteiger partial charge in [0.1, 0.15) is 17.7 Å². The summed E-state index contributed by atoms with van der Waals surface area (Å²) in [5.41, 5.74) is 2.57. The van der Waals surface area contributed by atoms with Gasteiger partial charge in [-0.15, -0.1) is 22.0 Å². The van der Waals surface area contributed by atoms with Crippen molar-refractivity contribution in [3.8, 4) is 0 Å². The Morgan fingerprint density at radius 1 is 1.29 bits per heavy atom. The molecule has 1 aromatic carbocycles. The SMILES string of the molecule is Cc1ccc(SCCN2Cc3nnc(C)n3CC2C(=O)O)cc1C. The van der Waals surface area contributed by atoms with Gasteiger partial charge in [0.15, 0.2) is 0 Å². The molecule has 0 spiro atoms. The van der Waals surface area contributed by atoms with Crippen LogP contribution in [0.25, 0.3) is 0 Å². The van der Waals surface area contributed by atoms with Crippen LogP contribution in [-0.4, -0.2) is 49.1 Å². The molecule has 0 amide bonds. The molecule has 0 bridgehead atoms. The summed E-state index contributed by atoms with van der Waals surface area (Å²) in [4.78, 5) is 14.8. The molecule has 1 aliphatic rings. The van der Waals surface area contributed by atoms with Crippen molar-refractivity contribution >= 4 is 17.7 Å². The standard InChI is InChI=1S/C17H22N4O2S/c1-11-4-5-14(8-12(11)2)24-7-6-20-10-16-19-18-13(3)21(16)9-15(20)17(22)23/h4-5,8,15H,6-7,9-10H2,1-3H3,(H,22,23). The van der Waals surface area contributed by atoms with Crippen LogP contribution in [-0.2, 0) is 17.9 Å². The Bertz CT molecular complexity index is 759. The van der Waals surface area contributed by atoms with Crippen LogP contribution in [0.3, 0.4) is 0 Å². The summed E-state index contributed by atoms with van der Waals surface area (Å²) >= 11 is 1.76. The van der Waals surface area contributed by atoms with Crippen LogP contribution in [0.15, 0.2) is 23.1 Å². The summed E-state index contributed by atoms with van der Waals surface area (Å²) in [7, 11) is 0. The smallest absolute Gasteiger partial charge is 0.322 e. The third kappa shape index (κ3) is 3.47. The van der Waals surface area contributed by atoms with Crippen LogP contribution >= 0.6 is 11.8 Å². The fraction of sp³-hybridized carbons (Fsp3) is 0.471. The summed E-state index contributed by atoms with van der Waals surface area (Å²) in [5, 5.41) is 17.8. The van der Waals surface area contributed by atoms with Crippen LogP contribution in [0, 0.1) is 20.8 Å². The Morgan fingerprint density at radius 3 is 2.79 bits per heavy atom. The number of nitrogens with zero attached hydrogens (tertiary/aromatic N) is 4. The lowest BCUT2D eigenvalue weighted by atomic mass is 10.1. The first-order valence-electron chi connectivity index (χ1n) is 8.01. The number of hydrogen-bond donors (Lipinski definition) is 1. The molecule has 2 heterocycles. The Hall–Kier alpha value is -1.86. The van der Waals surface area contributed by atoms with E-state index in [1.54, 1.807) is 11.8 Å². The van der Waals surface area contributed by atoms with Crippen LogP contribution < -0.4 is 0 Å². The third-order valence-electron chi connectivity index (χ3n) is 4.56. The van der Waals surface area contributed by atoms with E-state index in [0.717, 1.165) is 17.4 Å². The summed E-state index contributed by atoms with van der Waals surface area (Å²) in [5.74, 6) is 1.69. The molecule has 1 N–H and O–H groups in total. The van der Waals surface area contributed by atoms with Gasteiger partial charge < -0.3 is 9.67 Å². The Labute approximate surface area is 145 Å². The third-order valence-corrected chi connectivity index (χ3v) is 5.54. The number of aromatic nitrogens is 3. The molecule has 0 radical (unpaired) electrons. The number of thioether (sulfide) groups is 1. The number of carboxylic acid groups (broad SMARTS) is 1. The van der Waals surface area contributed by atoms with Gasteiger partial charge in [-0.1, -0.05) is 6.07 Å². The molecular weight excluding hydrogens is 324 g/mol. The summed E-state index contributed by atoms with van der Waals surface area (Å²) in [6.45, 7) is 7.73. The largest absolute Gasteiger partial charge is 0.480 e. The van der Waals surface area contributed by atoms with Crippen LogP contribution in [0.2, 0.25) is 0 Å². The molecular formula is C17H22N4O2S. The lowest BCUT2D eigenvalue weighted by molar-refractivity contribution is -0.144. The fourth-order valence-electron chi connectivity index (χ4n) is 2.91. The van der Waals surface area contributed by atoms with Crippen molar-refractivity contribution in [1.29, 1.82) is 0 Å². The maximum absolute atomic E-state index is 11.6. The van der Waals surface area contributed by atoms with E-state index in [1.807, 2.05) is 16.4 Å². The van der Waals surface area contributed by atoms with Gasteiger partial charge in [0.2, 0.25) is 0 Å². The van der Waals surface area contributed by atoms with Gasteiger partial charge in [0.25, 0.3) is 0 Å². The molecule has 1 aliphatic heterocycles. The predicted molar refractivity (Wildman–Crippen MR) is 93.2 cm³/mol. The lowest BCUT2D eigenvalue weighted by Gasteiger charge is -2.33. The first kappa shape index (κ1) is 17.0. The normalized spacial score (nSPS) is 17.7. The van der Waals surface area contributed by atoms with Crippen molar-refractivity contribution < 1.29 is 9.90 Å². The van der Waals surface area contributed by atoms with E-state index in [4.69, 9.17) is 0 Å². The van der Waals surface area contributed by atoms with Gasteiger partial charge in [-0.3, -0.25) is 9.69 Å². The van der Waals surface area contributed by atoms with Gasteiger partial charge >= 0.3 is 5.97 Å². The zero-order valence-electron chi connectivity index (χ0n) is 14.2. The molecule has 128 valence electrons. The van der Waals surface area contributed by atoms with Crippen LogP contribution in [0.1, 0.15) is 22.8 Å². The highest BCUT2D eigenvalue weighted by Crippen LogP contribution is 2.23. The van der Waals surface area contributed by atoms with Gasteiger partial charge in [-0.05, 0) is 44.0 Å². The van der Waals surface area contributed by atoms with Crippen molar-refractivity contribution in [2.75, 3.05) is 12.3 Å². The van der Waals surface area contributed by atoms with Crippen molar-refractivity contribution in [2.45, 2.75) is 44.8 Å². The Balaban J connectivity index is 1.64. The summed E-state index contributed by atoms with van der Waals surface area (Å²) in [6.07, 6.45) is 0. The molecule has 7 heteroatoms. The monoisotopic (exact) mass is 346 g/mol. The second-order valence-electron chi connectivity index (χ2n) is 6.19. The minimum absolute atomic E-state index is 0.414. The topological polar surface area (TPSA) is 71.2 Å². The van der Waals surface area contributed by atoms with Crippen molar-refractivity contribution in [2.24, 2.45) is 0 Å². The Kier molecular flexibility index (Phi) is 4.91. The van der Waals surface area contributed by atoms with E-state index >= 15 is 0 Å². The second kappa shape index (κ2) is 6.94. The lowest BCUT2D eigenvalue weighted by Crippen LogP contribution is -2.48. The van der Waals surface area contributed by atoms with E-state index < -0.39 is 12.0 Å². The van der Waals surface area contributed by atoms with Gasteiger partial charge in [-0.25, -0.2) is 0 Å². The molecule has 24 heavy (non-hydrogen) atoms. The molecule has 0 aliphatic carbocycles. The van der Waals surface area contributed by atoms with Crippen molar-refractivity contribution in [3.05, 3.63) is 41.0 Å². The predicted octanol–water partition coefficient (Wildman–Crippen LogP) is 2.26. The van der Waals surface area contributed by atoms with Gasteiger partial charge in [0.05, 0.1) is 13.1 Å². The number of aliphatic carboxylic acids is 1. The second-order valence-corrected chi connectivity index (χ2v) is 7.36. The number of fused-ring (bicyclic) bond motifs is 1. The highest BCUT2D eigenvalue weighted by molar-refractivity contribution is 7.99. The number of carbonyl (C=O) groups is 1. The van der Waals surface area contributed by atoms with E-state index in [1.165, 1.54) is 16.0 Å². The molecule has 0 saturated carbocycles. The minimum atomic E-state index is -0.787. The summed E-state index contributed by atoms with van der Waals surface area (Å²) in [6, 6.07) is 5.92. The molecule has 6 nitrogen and oxygen atoms in total. The number of rotatable bonds is 5. The van der Waals surface area contributed by atoms with Gasteiger partial charge in [-0.2, -0.15) is 0 Å². The fourth-order valence-corrected chi connectivity index (χ4v) is 3.90. The maximum Gasteiger partial charge on any atom is 0.322 e. The molecule has 1 unspecified atom stereocenters. The molecule has 1 atom stereocenters. The van der Waals surface area contributed by atoms with Gasteiger partial charge in [0, 0.05) is 17.2 Å². The minimum Gasteiger partial charge on any atom is -0.480 e. The summed E-state index contributed by atoms with van der Waals surface area (Å²) < 4.78 is 1.91. The number of carboxylic acids is 1. The van der Waals surface area contributed by atoms with E-state index in [0.29, 0.717) is 19.6 Å². The van der Waals surface area contributed by atoms with E-state index in [9.17, 15) is 9.90 Å². The van der Waals surface area contributed by atoms with Crippen LogP contribution in [0.4, 0.5) is 0 Å². The first-order valence-corrected chi connectivity index (χ1v) is 9.00. The quantitative estimate of drug-likeness (QED) is 0.838. The highest BCUT2D eigenvalue weighted by atomic mass is 32.2. The highest BCUT2D eigenvalue weighted by Gasteiger charge is 2.32. The van der Waals surface area contributed by atoms with E-state index in [-0.39, 0.29) is 0 Å². The zero-order valence-corrected chi connectivity index (χ0v) is 15.0. The van der Waals surface area contributed by atoms with Crippen LogP contribution in [0.5, 0.6) is 0 Å². The Morgan fingerprint density at radius 2 is 2.08 bits per heavy atom. The van der Waals surface area contributed by atoms with Crippen molar-refractivity contribution in [1.82, 2.24) is 19.7 Å². The molecule has 0 saturated heterocycles. The average molecular weight is 346 g/mol. The number of benzene rings is 1. The van der Waals surface area contributed by atoms with E-state index in [2.05, 4.69) is 42.2 Å².